The number of nitrogen functional groups attached to an aromatic ring is 1. The van der Waals surface area contributed by atoms with Crippen LogP contribution in [-0.4, -0.2) is 14.5 Å². The van der Waals surface area contributed by atoms with E-state index in [0.29, 0.717) is 22.1 Å². The minimum atomic E-state index is -3.51. The molecule has 112 valence electrons. The van der Waals surface area contributed by atoms with Crippen LogP contribution in [0.15, 0.2) is 17.0 Å². The molecular weight excluding hydrogens is 272 g/mol. The average Bonchev–Trinajstić information content (AvgIpc) is 2.37. The lowest BCUT2D eigenvalue weighted by Gasteiger charge is -2.29. The Morgan fingerprint density at radius 3 is 2.50 bits per heavy atom. The van der Waals surface area contributed by atoms with Crippen molar-refractivity contribution in [3.05, 3.63) is 23.3 Å². The second-order valence-corrected chi connectivity index (χ2v) is 7.57. The van der Waals surface area contributed by atoms with E-state index in [9.17, 15) is 8.42 Å². The monoisotopic (exact) mass is 296 g/mol. The van der Waals surface area contributed by atoms with Gasteiger partial charge < -0.3 is 5.73 Å². The van der Waals surface area contributed by atoms with E-state index in [2.05, 4.69) is 11.6 Å². The number of hydrogen-bond donors (Lipinski definition) is 2. The Hall–Kier alpha value is -1.07. The average molecular weight is 296 g/mol. The van der Waals surface area contributed by atoms with Gasteiger partial charge in [0.1, 0.15) is 0 Å². The highest BCUT2D eigenvalue weighted by molar-refractivity contribution is 7.89. The Morgan fingerprint density at radius 1 is 1.20 bits per heavy atom. The molecule has 2 atom stereocenters. The molecule has 0 amide bonds. The summed E-state index contributed by atoms with van der Waals surface area (Å²) in [7, 11) is -3.51. The van der Waals surface area contributed by atoms with Gasteiger partial charge in [-0.1, -0.05) is 25.8 Å². The first-order valence-electron chi connectivity index (χ1n) is 7.21. The van der Waals surface area contributed by atoms with Crippen molar-refractivity contribution in [3.63, 3.8) is 0 Å². The molecule has 1 aromatic carbocycles. The predicted molar refractivity (Wildman–Crippen MR) is 82.1 cm³/mol. The molecule has 1 aromatic rings. The Morgan fingerprint density at radius 2 is 1.85 bits per heavy atom. The summed E-state index contributed by atoms with van der Waals surface area (Å²) in [6.07, 6.45) is 4.28. The van der Waals surface area contributed by atoms with Crippen LogP contribution in [0.5, 0.6) is 0 Å². The molecule has 0 radical (unpaired) electrons. The number of anilines is 1. The van der Waals surface area contributed by atoms with Crippen LogP contribution in [-0.2, 0) is 10.0 Å². The summed E-state index contributed by atoms with van der Waals surface area (Å²) in [6, 6.07) is 3.56. The smallest absolute Gasteiger partial charge is 0.241 e. The second-order valence-electron chi connectivity index (χ2n) is 5.92. The molecule has 2 rings (SSSR count). The zero-order valence-electron chi connectivity index (χ0n) is 12.4. The lowest BCUT2D eigenvalue weighted by Crippen LogP contribution is -2.41. The molecule has 1 aliphatic rings. The molecule has 4 nitrogen and oxygen atoms in total. The molecule has 1 aliphatic carbocycles. The fourth-order valence-electron chi connectivity index (χ4n) is 3.01. The van der Waals surface area contributed by atoms with Gasteiger partial charge in [-0.25, -0.2) is 13.1 Å². The first kappa shape index (κ1) is 15.3. The quantitative estimate of drug-likeness (QED) is 0.842. The van der Waals surface area contributed by atoms with Crippen molar-refractivity contribution in [2.75, 3.05) is 5.73 Å². The van der Waals surface area contributed by atoms with Crippen LogP contribution in [0, 0.1) is 19.8 Å². The SMILES string of the molecule is Cc1ccc(N)c(C)c1S(=O)(=O)NC1CCCCC1C. The van der Waals surface area contributed by atoms with Crippen molar-refractivity contribution in [1.29, 1.82) is 0 Å². The predicted octanol–water partition coefficient (Wildman–Crippen LogP) is 2.74. The Labute approximate surface area is 121 Å². The number of nitrogens with two attached hydrogens (primary N) is 1. The Bertz CT molecular complexity index is 596. The molecule has 0 bridgehead atoms. The maximum Gasteiger partial charge on any atom is 0.241 e. The van der Waals surface area contributed by atoms with E-state index in [4.69, 9.17) is 5.73 Å². The van der Waals surface area contributed by atoms with Gasteiger partial charge in [0.15, 0.2) is 0 Å². The highest BCUT2D eigenvalue weighted by Crippen LogP contribution is 2.28. The molecule has 20 heavy (non-hydrogen) atoms. The molecule has 3 N–H and O–H groups in total. The molecule has 1 saturated carbocycles. The minimum Gasteiger partial charge on any atom is -0.398 e. The highest BCUT2D eigenvalue weighted by atomic mass is 32.2. The van der Waals surface area contributed by atoms with Crippen LogP contribution in [0.4, 0.5) is 5.69 Å². The molecular formula is C15H24N2O2S. The van der Waals surface area contributed by atoms with Crippen LogP contribution in [0.25, 0.3) is 0 Å². The van der Waals surface area contributed by atoms with Crippen molar-refractivity contribution in [3.8, 4) is 0 Å². The molecule has 1 fully saturated rings. The van der Waals surface area contributed by atoms with Crippen LogP contribution in [0.1, 0.15) is 43.7 Å². The second kappa shape index (κ2) is 5.74. The van der Waals surface area contributed by atoms with Crippen molar-refractivity contribution in [2.45, 2.75) is 57.4 Å². The van der Waals surface area contributed by atoms with Crippen molar-refractivity contribution >= 4 is 15.7 Å². The number of benzene rings is 1. The number of nitrogens with one attached hydrogen (secondary N) is 1. The first-order chi connectivity index (χ1) is 9.33. The molecule has 2 unspecified atom stereocenters. The van der Waals surface area contributed by atoms with Crippen molar-refractivity contribution in [1.82, 2.24) is 4.72 Å². The van der Waals surface area contributed by atoms with Gasteiger partial charge in [-0.15, -0.1) is 0 Å². The van der Waals surface area contributed by atoms with Gasteiger partial charge in [-0.05, 0) is 49.8 Å². The molecule has 0 aromatic heterocycles. The first-order valence-corrected chi connectivity index (χ1v) is 8.69. The zero-order valence-corrected chi connectivity index (χ0v) is 13.3. The summed E-state index contributed by atoms with van der Waals surface area (Å²) in [4.78, 5) is 0.343. The normalized spacial score (nSPS) is 23.8. The van der Waals surface area contributed by atoms with Gasteiger partial charge in [0.25, 0.3) is 0 Å². The van der Waals surface area contributed by atoms with Crippen molar-refractivity contribution < 1.29 is 8.42 Å². The van der Waals surface area contributed by atoms with Crippen LogP contribution in [0.2, 0.25) is 0 Å². The summed E-state index contributed by atoms with van der Waals surface area (Å²) < 4.78 is 28.2. The van der Waals surface area contributed by atoms with Crippen molar-refractivity contribution in [2.24, 2.45) is 5.92 Å². The summed E-state index contributed by atoms with van der Waals surface area (Å²) >= 11 is 0. The summed E-state index contributed by atoms with van der Waals surface area (Å²) in [5, 5.41) is 0. The largest absolute Gasteiger partial charge is 0.398 e. The fraction of sp³-hybridized carbons (Fsp3) is 0.600. The van der Waals surface area contributed by atoms with E-state index in [1.807, 2.05) is 6.92 Å². The Balaban J connectivity index is 2.33. The number of rotatable bonds is 3. The van der Waals surface area contributed by atoms with Gasteiger partial charge in [0, 0.05) is 11.7 Å². The summed E-state index contributed by atoms with van der Waals surface area (Å²) in [5.74, 6) is 0.389. The van der Waals surface area contributed by atoms with Gasteiger partial charge in [0.2, 0.25) is 10.0 Å². The van der Waals surface area contributed by atoms with Crippen LogP contribution < -0.4 is 10.5 Å². The third-order valence-electron chi connectivity index (χ3n) is 4.33. The maximum atomic E-state index is 12.7. The molecule has 0 aliphatic heterocycles. The lowest BCUT2D eigenvalue weighted by atomic mass is 9.87. The van der Waals surface area contributed by atoms with E-state index in [1.54, 1.807) is 19.1 Å². The molecule has 5 heteroatoms. The standard InChI is InChI=1S/C15H24N2O2S/c1-10-6-4-5-7-14(10)17-20(18,19)15-11(2)8-9-13(16)12(15)3/h8-10,14,17H,4-7,16H2,1-3H3. The third kappa shape index (κ3) is 2.99. The number of hydrogen-bond acceptors (Lipinski definition) is 3. The zero-order chi connectivity index (χ0) is 14.9. The fourth-order valence-corrected chi connectivity index (χ4v) is 4.88. The maximum absolute atomic E-state index is 12.7. The topological polar surface area (TPSA) is 72.2 Å². The van der Waals surface area contributed by atoms with E-state index in [0.717, 1.165) is 24.8 Å². The number of sulfonamides is 1. The lowest BCUT2D eigenvalue weighted by molar-refractivity contribution is 0.310. The summed E-state index contributed by atoms with van der Waals surface area (Å²) in [5.41, 5.74) is 7.76. The molecule has 0 heterocycles. The van der Waals surface area contributed by atoms with Crippen LogP contribution >= 0.6 is 0 Å². The molecule has 0 saturated heterocycles. The minimum absolute atomic E-state index is 0.0361. The van der Waals surface area contributed by atoms with Gasteiger partial charge in [-0.3, -0.25) is 0 Å². The number of aryl methyl sites for hydroxylation is 1. The molecule has 0 spiro atoms. The van der Waals surface area contributed by atoms with E-state index in [-0.39, 0.29) is 6.04 Å². The highest BCUT2D eigenvalue weighted by Gasteiger charge is 2.28. The summed E-state index contributed by atoms with van der Waals surface area (Å²) in [6.45, 7) is 5.69. The van der Waals surface area contributed by atoms with Crippen LogP contribution in [0.3, 0.4) is 0 Å². The van der Waals surface area contributed by atoms with E-state index in [1.165, 1.54) is 6.42 Å². The van der Waals surface area contributed by atoms with E-state index >= 15 is 0 Å². The van der Waals surface area contributed by atoms with Gasteiger partial charge in [-0.2, -0.15) is 0 Å². The van der Waals surface area contributed by atoms with Gasteiger partial charge >= 0.3 is 0 Å². The third-order valence-corrected chi connectivity index (χ3v) is 6.11. The van der Waals surface area contributed by atoms with Gasteiger partial charge in [0.05, 0.1) is 4.90 Å². The van der Waals surface area contributed by atoms with E-state index < -0.39 is 10.0 Å². The Kier molecular flexibility index (Phi) is 4.39.